The minimum atomic E-state index is 0.151. The van der Waals surface area contributed by atoms with Crippen LogP contribution >= 0.6 is 0 Å². The molecule has 2 rings (SSSR count). The Balaban J connectivity index is 2.06. The molecule has 4 N–H and O–H groups in total. The summed E-state index contributed by atoms with van der Waals surface area (Å²) in [5, 5.41) is 3.21. The summed E-state index contributed by atoms with van der Waals surface area (Å²) in [5.41, 5.74) is 7.41. The number of aromatic amines is 1. The van der Waals surface area contributed by atoms with Crippen LogP contribution in [-0.4, -0.2) is 32.5 Å². The van der Waals surface area contributed by atoms with Crippen LogP contribution in [0, 0.1) is 0 Å². The molecule has 0 fully saturated rings. The number of H-pyrrole nitrogens is 1. The normalized spacial score (nSPS) is 12.9. The van der Waals surface area contributed by atoms with Gasteiger partial charge < -0.3 is 16.0 Å². The van der Waals surface area contributed by atoms with Gasteiger partial charge in [0.15, 0.2) is 11.5 Å². The van der Waals surface area contributed by atoms with Crippen molar-refractivity contribution in [3.8, 4) is 0 Å². The van der Waals surface area contributed by atoms with Crippen LogP contribution in [0.4, 0.5) is 5.82 Å². The largest absolute Gasteiger partial charge is 0.367 e. The third kappa shape index (κ3) is 2.27. The lowest BCUT2D eigenvalue weighted by molar-refractivity contribution is 0.626. The van der Waals surface area contributed by atoms with E-state index in [0.717, 1.165) is 24.2 Å². The minimum Gasteiger partial charge on any atom is -0.367 e. The second-order valence-corrected chi connectivity index (χ2v) is 3.75. The Morgan fingerprint density at radius 1 is 1.44 bits per heavy atom. The van der Waals surface area contributed by atoms with E-state index in [0.29, 0.717) is 12.2 Å². The van der Waals surface area contributed by atoms with E-state index in [1.54, 1.807) is 6.33 Å². The molecule has 0 aliphatic heterocycles. The first-order chi connectivity index (χ1) is 7.81. The van der Waals surface area contributed by atoms with E-state index < -0.39 is 0 Å². The third-order valence-corrected chi connectivity index (χ3v) is 2.41. The molecular formula is C10H16N6. The van der Waals surface area contributed by atoms with E-state index in [1.807, 2.05) is 0 Å². The Hall–Kier alpha value is -1.69. The van der Waals surface area contributed by atoms with E-state index in [9.17, 15) is 0 Å². The molecule has 2 aromatic heterocycles. The predicted octanol–water partition coefficient (Wildman–Crippen LogP) is 0.892. The minimum absolute atomic E-state index is 0.151. The Morgan fingerprint density at radius 3 is 3.12 bits per heavy atom. The fourth-order valence-electron chi connectivity index (χ4n) is 1.60. The number of aromatic nitrogens is 4. The molecule has 0 aliphatic carbocycles. The molecule has 0 aromatic carbocycles. The first-order valence-corrected chi connectivity index (χ1v) is 5.44. The van der Waals surface area contributed by atoms with Crippen molar-refractivity contribution in [2.75, 3.05) is 11.9 Å². The summed E-state index contributed by atoms with van der Waals surface area (Å²) < 4.78 is 0. The number of nitrogens with zero attached hydrogens (tertiary/aromatic N) is 3. The summed E-state index contributed by atoms with van der Waals surface area (Å²) in [6.45, 7) is 2.83. The quantitative estimate of drug-likeness (QED) is 0.696. The molecule has 86 valence electrons. The third-order valence-electron chi connectivity index (χ3n) is 2.41. The van der Waals surface area contributed by atoms with Crippen molar-refractivity contribution in [2.45, 2.75) is 25.8 Å². The lowest BCUT2D eigenvalue weighted by Gasteiger charge is -2.11. The summed E-state index contributed by atoms with van der Waals surface area (Å²) in [6, 6.07) is 0.151. The second-order valence-electron chi connectivity index (χ2n) is 3.75. The molecular weight excluding hydrogens is 204 g/mol. The van der Waals surface area contributed by atoms with Crippen molar-refractivity contribution in [3.05, 3.63) is 12.7 Å². The van der Waals surface area contributed by atoms with Gasteiger partial charge in [0, 0.05) is 12.6 Å². The van der Waals surface area contributed by atoms with Gasteiger partial charge in [-0.25, -0.2) is 15.0 Å². The zero-order valence-electron chi connectivity index (χ0n) is 9.27. The van der Waals surface area contributed by atoms with Crippen LogP contribution in [0.1, 0.15) is 19.8 Å². The summed E-state index contributed by atoms with van der Waals surface area (Å²) in [5.74, 6) is 0.758. The average Bonchev–Trinajstić information content (AvgIpc) is 2.75. The molecule has 0 radical (unpaired) electrons. The highest BCUT2D eigenvalue weighted by Gasteiger charge is 2.06. The van der Waals surface area contributed by atoms with Gasteiger partial charge in [0.2, 0.25) is 0 Å². The highest BCUT2D eigenvalue weighted by Crippen LogP contribution is 2.14. The molecule has 2 aromatic rings. The van der Waals surface area contributed by atoms with E-state index in [4.69, 9.17) is 5.73 Å². The zero-order chi connectivity index (χ0) is 11.4. The van der Waals surface area contributed by atoms with Gasteiger partial charge in [-0.15, -0.1) is 0 Å². The lowest BCUT2D eigenvalue weighted by Crippen LogP contribution is -2.29. The first kappa shape index (κ1) is 10.8. The Labute approximate surface area is 93.7 Å². The average molecular weight is 220 g/mol. The van der Waals surface area contributed by atoms with Crippen LogP contribution in [0.3, 0.4) is 0 Å². The van der Waals surface area contributed by atoms with Crippen molar-refractivity contribution < 1.29 is 0 Å². The molecule has 0 saturated heterocycles. The molecule has 2 heterocycles. The number of anilines is 1. The highest BCUT2D eigenvalue weighted by molar-refractivity contribution is 5.81. The standard InChI is InChI=1S/C10H16N6/c1-2-3-7(11)4-12-9-8-10(14-5-13-8)16-6-15-9/h5-7H,2-4,11H2,1H3,(H2,12,13,14,15,16). The SMILES string of the molecule is CCCC(N)CNc1ncnc2nc[nH]c12. The fourth-order valence-corrected chi connectivity index (χ4v) is 1.60. The first-order valence-electron chi connectivity index (χ1n) is 5.44. The summed E-state index contributed by atoms with van der Waals surface area (Å²) in [6.07, 6.45) is 5.20. The molecule has 0 aliphatic rings. The van der Waals surface area contributed by atoms with Crippen LogP contribution in [0.2, 0.25) is 0 Å². The molecule has 6 heteroatoms. The van der Waals surface area contributed by atoms with Gasteiger partial charge in [-0.1, -0.05) is 13.3 Å². The zero-order valence-corrected chi connectivity index (χ0v) is 9.27. The van der Waals surface area contributed by atoms with Crippen LogP contribution in [0.25, 0.3) is 11.2 Å². The number of hydrogen-bond acceptors (Lipinski definition) is 5. The fraction of sp³-hybridized carbons (Fsp3) is 0.500. The van der Waals surface area contributed by atoms with Gasteiger partial charge in [0.25, 0.3) is 0 Å². The van der Waals surface area contributed by atoms with Crippen LogP contribution in [0.15, 0.2) is 12.7 Å². The maximum atomic E-state index is 5.92. The molecule has 0 amide bonds. The van der Waals surface area contributed by atoms with Crippen molar-refractivity contribution in [2.24, 2.45) is 5.73 Å². The number of nitrogens with two attached hydrogens (primary N) is 1. The van der Waals surface area contributed by atoms with Gasteiger partial charge in [0.1, 0.15) is 11.8 Å². The number of rotatable bonds is 5. The van der Waals surface area contributed by atoms with E-state index in [-0.39, 0.29) is 6.04 Å². The van der Waals surface area contributed by atoms with Crippen LogP contribution < -0.4 is 11.1 Å². The number of nitrogens with one attached hydrogen (secondary N) is 2. The van der Waals surface area contributed by atoms with Crippen LogP contribution in [-0.2, 0) is 0 Å². The molecule has 0 spiro atoms. The summed E-state index contributed by atoms with van der Waals surface area (Å²) >= 11 is 0. The van der Waals surface area contributed by atoms with Gasteiger partial charge >= 0.3 is 0 Å². The Bertz CT molecular complexity index is 451. The number of hydrogen-bond donors (Lipinski definition) is 3. The van der Waals surface area contributed by atoms with Crippen LogP contribution in [0.5, 0.6) is 0 Å². The van der Waals surface area contributed by atoms with Crippen molar-refractivity contribution in [1.29, 1.82) is 0 Å². The van der Waals surface area contributed by atoms with Gasteiger partial charge in [-0.3, -0.25) is 0 Å². The number of fused-ring (bicyclic) bond motifs is 1. The van der Waals surface area contributed by atoms with Crippen molar-refractivity contribution >= 4 is 17.0 Å². The van der Waals surface area contributed by atoms with E-state index >= 15 is 0 Å². The molecule has 1 atom stereocenters. The topological polar surface area (TPSA) is 92.5 Å². The van der Waals surface area contributed by atoms with Gasteiger partial charge in [-0.05, 0) is 6.42 Å². The van der Waals surface area contributed by atoms with Gasteiger partial charge in [-0.2, -0.15) is 0 Å². The second kappa shape index (κ2) is 4.89. The molecule has 6 nitrogen and oxygen atoms in total. The molecule has 1 unspecified atom stereocenters. The maximum absolute atomic E-state index is 5.92. The maximum Gasteiger partial charge on any atom is 0.182 e. The summed E-state index contributed by atoms with van der Waals surface area (Å²) in [4.78, 5) is 15.3. The molecule has 0 saturated carbocycles. The number of imidazole rings is 1. The van der Waals surface area contributed by atoms with Crippen molar-refractivity contribution in [1.82, 2.24) is 19.9 Å². The Kier molecular flexibility index (Phi) is 3.31. The molecule has 0 bridgehead atoms. The van der Waals surface area contributed by atoms with E-state index in [2.05, 4.69) is 32.2 Å². The van der Waals surface area contributed by atoms with Crippen molar-refractivity contribution in [3.63, 3.8) is 0 Å². The van der Waals surface area contributed by atoms with Gasteiger partial charge in [0.05, 0.1) is 6.33 Å². The van der Waals surface area contributed by atoms with E-state index in [1.165, 1.54) is 6.33 Å². The lowest BCUT2D eigenvalue weighted by atomic mass is 10.2. The Morgan fingerprint density at radius 2 is 2.31 bits per heavy atom. The highest BCUT2D eigenvalue weighted by atomic mass is 15.1. The monoisotopic (exact) mass is 220 g/mol. The smallest absolute Gasteiger partial charge is 0.182 e. The summed E-state index contributed by atoms with van der Waals surface area (Å²) in [7, 11) is 0. The predicted molar refractivity (Wildman–Crippen MR) is 63.1 cm³/mol. The molecule has 16 heavy (non-hydrogen) atoms.